The van der Waals surface area contributed by atoms with Gasteiger partial charge in [-0.2, -0.15) is 0 Å². The molecular formula is C14H13ClFNO2. The quantitative estimate of drug-likeness (QED) is 0.859. The molecular weight excluding hydrogens is 269 g/mol. The van der Waals surface area contributed by atoms with Crippen LogP contribution in [0.25, 0.3) is 0 Å². The van der Waals surface area contributed by atoms with E-state index in [1.165, 1.54) is 13.2 Å². The third-order valence-electron chi connectivity index (χ3n) is 2.59. The van der Waals surface area contributed by atoms with Crippen molar-refractivity contribution in [2.75, 3.05) is 12.8 Å². The zero-order valence-electron chi connectivity index (χ0n) is 10.5. The van der Waals surface area contributed by atoms with Crippen LogP contribution in [0.15, 0.2) is 30.3 Å². The minimum atomic E-state index is -0.574. The molecule has 0 aliphatic rings. The average molecular weight is 282 g/mol. The van der Waals surface area contributed by atoms with E-state index in [0.29, 0.717) is 16.5 Å². The maximum Gasteiger partial charge on any atom is 0.168 e. The minimum absolute atomic E-state index is 0.0109. The second-order valence-corrected chi connectivity index (χ2v) is 4.47. The molecule has 0 amide bonds. The molecule has 0 spiro atoms. The molecule has 0 unspecified atom stereocenters. The van der Waals surface area contributed by atoms with Crippen molar-refractivity contribution in [3.05, 3.63) is 46.7 Å². The first-order valence-electron chi connectivity index (χ1n) is 5.58. The zero-order chi connectivity index (χ0) is 14.0. The molecule has 2 aromatic rings. The first-order chi connectivity index (χ1) is 9.01. The number of anilines is 1. The van der Waals surface area contributed by atoms with E-state index in [0.717, 1.165) is 11.6 Å². The van der Waals surface area contributed by atoms with E-state index in [1.54, 1.807) is 12.1 Å². The highest BCUT2D eigenvalue weighted by Gasteiger charge is 2.12. The molecule has 2 aromatic carbocycles. The highest BCUT2D eigenvalue weighted by atomic mass is 35.5. The predicted octanol–water partition coefficient (Wildman–Crippen LogP) is 4.17. The summed E-state index contributed by atoms with van der Waals surface area (Å²) >= 11 is 6.03. The smallest absolute Gasteiger partial charge is 0.168 e. The van der Waals surface area contributed by atoms with E-state index in [4.69, 9.17) is 26.8 Å². The Morgan fingerprint density at radius 1 is 1.11 bits per heavy atom. The number of aryl methyl sites for hydroxylation is 1. The van der Waals surface area contributed by atoms with E-state index < -0.39 is 5.82 Å². The Morgan fingerprint density at radius 2 is 1.84 bits per heavy atom. The maximum absolute atomic E-state index is 13.8. The summed E-state index contributed by atoms with van der Waals surface area (Å²) < 4.78 is 24.2. The molecule has 0 aliphatic carbocycles. The van der Waals surface area contributed by atoms with E-state index in [9.17, 15) is 4.39 Å². The fourth-order valence-electron chi connectivity index (χ4n) is 1.61. The normalized spacial score (nSPS) is 10.3. The molecule has 0 radical (unpaired) electrons. The number of benzene rings is 2. The number of hydrogen-bond donors (Lipinski definition) is 1. The van der Waals surface area contributed by atoms with E-state index >= 15 is 0 Å². The fraction of sp³-hybridized carbons (Fsp3) is 0.143. The maximum atomic E-state index is 13.8. The van der Waals surface area contributed by atoms with Gasteiger partial charge in [0.15, 0.2) is 11.6 Å². The second-order valence-electron chi connectivity index (χ2n) is 4.06. The van der Waals surface area contributed by atoms with Crippen LogP contribution >= 0.6 is 11.6 Å². The predicted molar refractivity (Wildman–Crippen MR) is 73.6 cm³/mol. The van der Waals surface area contributed by atoms with Gasteiger partial charge in [-0.05, 0) is 24.6 Å². The molecule has 0 aliphatic heterocycles. The van der Waals surface area contributed by atoms with Crippen molar-refractivity contribution in [1.82, 2.24) is 0 Å². The Kier molecular flexibility index (Phi) is 3.81. The van der Waals surface area contributed by atoms with Gasteiger partial charge in [-0.3, -0.25) is 0 Å². The Hall–Kier alpha value is -1.94. The molecule has 0 bridgehead atoms. The molecule has 100 valence electrons. The summed E-state index contributed by atoms with van der Waals surface area (Å²) in [5.41, 5.74) is 6.80. The molecule has 0 fully saturated rings. The molecule has 2 N–H and O–H groups in total. The van der Waals surface area contributed by atoms with Gasteiger partial charge in [0.05, 0.1) is 17.8 Å². The number of rotatable bonds is 3. The molecule has 0 saturated heterocycles. The van der Waals surface area contributed by atoms with Gasteiger partial charge in [-0.1, -0.05) is 17.7 Å². The first kappa shape index (κ1) is 13.5. The number of ether oxygens (including phenoxy) is 2. The largest absolute Gasteiger partial charge is 0.494 e. The van der Waals surface area contributed by atoms with Crippen LogP contribution in [0.4, 0.5) is 10.1 Å². The van der Waals surface area contributed by atoms with Gasteiger partial charge in [-0.25, -0.2) is 4.39 Å². The topological polar surface area (TPSA) is 44.5 Å². The van der Waals surface area contributed by atoms with Crippen LogP contribution in [0.5, 0.6) is 17.2 Å². The Morgan fingerprint density at radius 3 is 2.47 bits per heavy atom. The average Bonchev–Trinajstić information content (AvgIpc) is 2.35. The standard InChI is InChI=1S/C14H13ClFNO2/c1-8-3-4-12(9(15)5-8)19-13-7-14(18-2)11(17)6-10(13)16/h3-7H,17H2,1-2H3. The summed E-state index contributed by atoms with van der Waals surface area (Å²) in [5.74, 6) is 0.157. The molecule has 0 aromatic heterocycles. The van der Waals surface area contributed by atoms with E-state index in [1.807, 2.05) is 13.0 Å². The van der Waals surface area contributed by atoms with Crippen LogP contribution in [-0.4, -0.2) is 7.11 Å². The summed E-state index contributed by atoms with van der Waals surface area (Å²) in [6.07, 6.45) is 0. The summed E-state index contributed by atoms with van der Waals surface area (Å²) in [7, 11) is 1.45. The van der Waals surface area contributed by atoms with Crippen molar-refractivity contribution in [3.63, 3.8) is 0 Å². The highest BCUT2D eigenvalue weighted by molar-refractivity contribution is 6.32. The molecule has 5 heteroatoms. The van der Waals surface area contributed by atoms with Crippen molar-refractivity contribution in [1.29, 1.82) is 0 Å². The monoisotopic (exact) mass is 281 g/mol. The highest BCUT2D eigenvalue weighted by Crippen LogP contribution is 2.35. The van der Waals surface area contributed by atoms with Gasteiger partial charge in [-0.15, -0.1) is 0 Å². The van der Waals surface area contributed by atoms with Crippen LogP contribution in [0.1, 0.15) is 5.56 Å². The molecule has 0 saturated carbocycles. The van der Waals surface area contributed by atoms with Gasteiger partial charge < -0.3 is 15.2 Å². The third kappa shape index (κ3) is 2.90. The number of nitrogens with two attached hydrogens (primary N) is 1. The lowest BCUT2D eigenvalue weighted by atomic mass is 10.2. The van der Waals surface area contributed by atoms with Gasteiger partial charge in [0.1, 0.15) is 11.5 Å². The first-order valence-corrected chi connectivity index (χ1v) is 5.96. The summed E-state index contributed by atoms with van der Waals surface area (Å²) in [5, 5.41) is 0.412. The lowest BCUT2D eigenvalue weighted by molar-refractivity contribution is 0.403. The lowest BCUT2D eigenvalue weighted by Gasteiger charge is -2.11. The van der Waals surface area contributed by atoms with Crippen LogP contribution in [0.2, 0.25) is 5.02 Å². The van der Waals surface area contributed by atoms with E-state index in [2.05, 4.69) is 0 Å². The SMILES string of the molecule is COc1cc(Oc2ccc(C)cc2Cl)c(F)cc1N. The summed E-state index contributed by atoms with van der Waals surface area (Å²) in [6, 6.07) is 7.79. The van der Waals surface area contributed by atoms with Crippen LogP contribution in [0, 0.1) is 12.7 Å². The van der Waals surface area contributed by atoms with E-state index in [-0.39, 0.29) is 11.4 Å². The zero-order valence-corrected chi connectivity index (χ0v) is 11.3. The van der Waals surface area contributed by atoms with Crippen LogP contribution in [0.3, 0.4) is 0 Å². The Labute approximate surface area is 115 Å². The second kappa shape index (κ2) is 5.36. The van der Waals surface area contributed by atoms with Crippen molar-refractivity contribution < 1.29 is 13.9 Å². The lowest BCUT2D eigenvalue weighted by Crippen LogP contribution is -1.96. The summed E-state index contributed by atoms with van der Waals surface area (Å²) in [4.78, 5) is 0. The molecule has 19 heavy (non-hydrogen) atoms. The summed E-state index contributed by atoms with van der Waals surface area (Å²) in [6.45, 7) is 1.91. The minimum Gasteiger partial charge on any atom is -0.494 e. The van der Waals surface area contributed by atoms with Crippen molar-refractivity contribution in [2.45, 2.75) is 6.92 Å². The van der Waals surface area contributed by atoms with Crippen LogP contribution in [-0.2, 0) is 0 Å². The van der Waals surface area contributed by atoms with Gasteiger partial charge in [0.2, 0.25) is 0 Å². The Balaban J connectivity index is 2.37. The molecule has 3 nitrogen and oxygen atoms in total. The molecule has 2 rings (SSSR count). The van der Waals surface area contributed by atoms with Crippen LogP contribution < -0.4 is 15.2 Å². The number of methoxy groups -OCH3 is 1. The number of nitrogen functional groups attached to an aromatic ring is 1. The molecule has 0 atom stereocenters. The number of hydrogen-bond acceptors (Lipinski definition) is 3. The molecule has 0 heterocycles. The van der Waals surface area contributed by atoms with Gasteiger partial charge in [0, 0.05) is 12.1 Å². The van der Waals surface area contributed by atoms with Gasteiger partial charge in [0.25, 0.3) is 0 Å². The fourth-order valence-corrected chi connectivity index (χ4v) is 1.89. The van der Waals surface area contributed by atoms with Crippen molar-refractivity contribution in [2.24, 2.45) is 0 Å². The number of halogens is 2. The van der Waals surface area contributed by atoms with Crippen molar-refractivity contribution in [3.8, 4) is 17.2 Å². The van der Waals surface area contributed by atoms with Crippen molar-refractivity contribution >= 4 is 17.3 Å². The third-order valence-corrected chi connectivity index (χ3v) is 2.89. The van der Waals surface area contributed by atoms with Gasteiger partial charge >= 0.3 is 0 Å². The Bertz CT molecular complexity index is 617.